The summed E-state index contributed by atoms with van der Waals surface area (Å²) in [4.78, 5) is 13.2. The highest BCUT2D eigenvalue weighted by Crippen LogP contribution is 2.50. The number of esters is 1. The summed E-state index contributed by atoms with van der Waals surface area (Å²) in [5, 5.41) is 0. The lowest BCUT2D eigenvalue weighted by Crippen LogP contribution is -2.47. The molecule has 0 unspecified atom stereocenters. The predicted octanol–water partition coefficient (Wildman–Crippen LogP) is 6.99. The molecule has 2 aliphatic rings. The van der Waals surface area contributed by atoms with Crippen LogP contribution in [0, 0.1) is 11.6 Å². The van der Waals surface area contributed by atoms with Gasteiger partial charge in [-0.1, -0.05) is 24.3 Å². The number of hydrogen-bond acceptors (Lipinski definition) is 5. The van der Waals surface area contributed by atoms with E-state index in [9.17, 15) is 9.18 Å². The minimum atomic E-state index is -1.53. The van der Waals surface area contributed by atoms with Gasteiger partial charge in [0.15, 0.2) is 0 Å². The van der Waals surface area contributed by atoms with Crippen molar-refractivity contribution in [1.29, 1.82) is 0 Å². The summed E-state index contributed by atoms with van der Waals surface area (Å²) in [5.41, 5.74) is 2.74. The Morgan fingerprint density at radius 3 is 2.48 bits per heavy atom. The second-order valence-corrected chi connectivity index (χ2v) is 11.3. The third-order valence-electron chi connectivity index (χ3n) is 7.45. The second kappa shape index (κ2) is 13.2. The Balaban J connectivity index is 1.45. The quantitative estimate of drug-likeness (QED) is 0.196. The summed E-state index contributed by atoms with van der Waals surface area (Å²) in [6.45, 7) is 7.77. The van der Waals surface area contributed by atoms with Crippen molar-refractivity contribution < 1.29 is 32.2 Å². The third-order valence-corrected chi connectivity index (χ3v) is 7.45. The molecular formula is C32H40F3NO4. The molecule has 0 fully saturated rings. The summed E-state index contributed by atoms with van der Waals surface area (Å²) in [5.74, 6) is -1.64. The first-order chi connectivity index (χ1) is 19.1. The zero-order chi connectivity index (χ0) is 28.9. The van der Waals surface area contributed by atoms with E-state index in [0.29, 0.717) is 39.1 Å². The largest absolute Gasteiger partial charge is 0.493 e. The van der Waals surface area contributed by atoms with Crippen molar-refractivity contribution in [1.82, 2.24) is 4.90 Å². The number of hydrogen-bond donors (Lipinski definition) is 0. The minimum Gasteiger partial charge on any atom is -0.493 e. The van der Waals surface area contributed by atoms with Gasteiger partial charge in [-0.2, -0.15) is 0 Å². The van der Waals surface area contributed by atoms with Crippen LogP contribution in [0.5, 0.6) is 5.75 Å². The molecule has 0 radical (unpaired) electrons. The van der Waals surface area contributed by atoms with Gasteiger partial charge in [0.1, 0.15) is 29.7 Å². The van der Waals surface area contributed by atoms with Crippen LogP contribution >= 0.6 is 0 Å². The topological polar surface area (TPSA) is 48.0 Å². The average Bonchev–Trinajstić information content (AvgIpc) is 3.24. The van der Waals surface area contributed by atoms with Gasteiger partial charge in [-0.15, -0.1) is 0 Å². The fraction of sp³-hybridized carbons (Fsp3) is 0.531. The van der Waals surface area contributed by atoms with E-state index in [1.54, 1.807) is 6.92 Å². The van der Waals surface area contributed by atoms with Crippen LogP contribution < -0.4 is 4.74 Å². The van der Waals surface area contributed by atoms with Crippen LogP contribution in [0.15, 0.2) is 42.0 Å². The number of carbonyl (C=O) groups excluding carboxylic acids is 1. The first-order valence-corrected chi connectivity index (χ1v) is 14.2. The molecule has 4 rings (SSSR count). The van der Waals surface area contributed by atoms with Gasteiger partial charge in [0, 0.05) is 36.9 Å². The number of nitrogens with zero attached hydrogens (tertiary/aromatic N) is 1. The molecule has 0 bridgehead atoms. The van der Waals surface area contributed by atoms with E-state index in [1.165, 1.54) is 26.0 Å². The highest BCUT2D eigenvalue weighted by atomic mass is 19.1. The van der Waals surface area contributed by atoms with E-state index in [0.717, 1.165) is 35.1 Å². The zero-order valence-electron chi connectivity index (χ0n) is 23.9. The fourth-order valence-electron chi connectivity index (χ4n) is 5.78. The van der Waals surface area contributed by atoms with E-state index in [1.807, 2.05) is 24.0 Å². The number of rotatable bonds is 13. The van der Waals surface area contributed by atoms with Gasteiger partial charge in [0.2, 0.25) is 0 Å². The molecule has 2 atom stereocenters. The van der Waals surface area contributed by atoms with E-state index in [4.69, 9.17) is 14.2 Å². The van der Waals surface area contributed by atoms with Crippen LogP contribution in [-0.4, -0.2) is 55.6 Å². The Hall–Kier alpha value is -2.84. The SMILES string of the molecule is CCOC(=O)COCCCCCOc1cc(F)c([C@@H]2C3=C(C[C@@H](C)N2CC(C)(C)F)c2ccccc2C3)c(F)c1. The highest BCUT2D eigenvalue weighted by Gasteiger charge is 2.42. The van der Waals surface area contributed by atoms with E-state index < -0.39 is 23.3 Å². The summed E-state index contributed by atoms with van der Waals surface area (Å²) >= 11 is 0. The molecule has 2 aromatic carbocycles. The van der Waals surface area contributed by atoms with Crippen LogP contribution in [0.4, 0.5) is 13.2 Å². The Kier molecular flexibility index (Phi) is 9.95. The van der Waals surface area contributed by atoms with Gasteiger partial charge in [-0.05, 0) is 82.1 Å². The Morgan fingerprint density at radius 1 is 1.07 bits per heavy atom. The Bertz CT molecular complexity index is 1200. The van der Waals surface area contributed by atoms with Crippen LogP contribution in [-0.2, 0) is 20.7 Å². The average molecular weight is 560 g/mol. The monoisotopic (exact) mass is 559 g/mol. The molecule has 8 heteroatoms. The molecule has 0 saturated carbocycles. The standard InChI is InChI=1S/C32H40F3NO4/c1-5-39-29(37)19-38-13-9-6-10-14-40-23-17-27(33)30(28(34)18-23)31-26-16-22-11-7-8-12-24(22)25(26)15-21(2)36(31)20-32(3,4)35/h7-8,11-12,17-18,21,31H,5-6,9-10,13-16,19-20H2,1-4H3/t21-,31+/m1/s1. The lowest BCUT2D eigenvalue weighted by Gasteiger charge is -2.44. The molecule has 0 spiro atoms. The van der Waals surface area contributed by atoms with Crippen molar-refractivity contribution in [3.63, 3.8) is 0 Å². The van der Waals surface area contributed by atoms with Crippen LogP contribution in [0.25, 0.3) is 5.57 Å². The van der Waals surface area contributed by atoms with E-state index in [-0.39, 0.29) is 36.5 Å². The summed E-state index contributed by atoms with van der Waals surface area (Å²) in [7, 11) is 0. The van der Waals surface area contributed by atoms with Crippen LogP contribution in [0.2, 0.25) is 0 Å². The predicted molar refractivity (Wildman–Crippen MR) is 149 cm³/mol. The first kappa shape index (κ1) is 30.1. The second-order valence-electron chi connectivity index (χ2n) is 11.3. The number of carbonyl (C=O) groups is 1. The zero-order valence-corrected chi connectivity index (χ0v) is 23.9. The lowest BCUT2D eigenvalue weighted by molar-refractivity contribution is -0.148. The van der Waals surface area contributed by atoms with Gasteiger partial charge in [-0.25, -0.2) is 18.0 Å². The molecule has 0 aromatic heterocycles. The minimum absolute atomic E-state index is 0.0535. The van der Waals surface area contributed by atoms with Crippen molar-refractivity contribution in [2.24, 2.45) is 0 Å². The van der Waals surface area contributed by atoms with Crippen molar-refractivity contribution >= 4 is 11.5 Å². The summed E-state index contributed by atoms with van der Waals surface area (Å²) in [6, 6.07) is 9.74. The molecule has 0 saturated heterocycles. The maximum absolute atomic E-state index is 15.7. The van der Waals surface area contributed by atoms with Gasteiger partial charge in [-0.3, -0.25) is 4.90 Å². The van der Waals surface area contributed by atoms with E-state index in [2.05, 4.69) is 12.1 Å². The molecule has 5 nitrogen and oxygen atoms in total. The molecule has 0 amide bonds. The van der Waals surface area contributed by atoms with E-state index >= 15 is 8.78 Å². The molecule has 1 aliphatic carbocycles. The maximum Gasteiger partial charge on any atom is 0.332 e. The molecular weight excluding hydrogens is 519 g/mol. The van der Waals surface area contributed by atoms with Gasteiger partial charge in [0.25, 0.3) is 0 Å². The number of benzene rings is 2. The maximum atomic E-state index is 15.7. The van der Waals surface area contributed by atoms with Gasteiger partial charge in [0.05, 0.1) is 19.3 Å². The van der Waals surface area contributed by atoms with Crippen molar-refractivity contribution in [3.05, 3.63) is 70.3 Å². The molecule has 1 heterocycles. The van der Waals surface area contributed by atoms with Crippen molar-refractivity contribution in [2.75, 3.05) is 33.0 Å². The number of unbranched alkanes of at least 4 members (excludes halogenated alkanes) is 2. The molecule has 40 heavy (non-hydrogen) atoms. The Labute approximate surface area is 235 Å². The Morgan fingerprint density at radius 2 is 1.77 bits per heavy atom. The fourth-order valence-corrected chi connectivity index (χ4v) is 5.78. The highest BCUT2D eigenvalue weighted by molar-refractivity contribution is 5.79. The third kappa shape index (κ3) is 7.26. The van der Waals surface area contributed by atoms with Crippen molar-refractivity contribution in [2.45, 2.75) is 77.6 Å². The van der Waals surface area contributed by atoms with Gasteiger partial charge >= 0.3 is 5.97 Å². The van der Waals surface area contributed by atoms with Crippen LogP contribution in [0.3, 0.4) is 0 Å². The number of halogens is 3. The molecule has 1 aliphatic heterocycles. The summed E-state index contributed by atoms with van der Waals surface area (Å²) < 4.78 is 62.2. The molecule has 0 N–H and O–H groups in total. The molecule has 2 aromatic rings. The lowest BCUT2D eigenvalue weighted by atomic mass is 9.84. The summed E-state index contributed by atoms with van der Waals surface area (Å²) in [6.07, 6.45) is 3.47. The normalized spacial score (nSPS) is 19.0. The first-order valence-electron chi connectivity index (χ1n) is 14.2. The van der Waals surface area contributed by atoms with Crippen LogP contribution in [0.1, 0.15) is 76.1 Å². The number of fused-ring (bicyclic) bond motifs is 2. The molecule has 218 valence electrons. The number of alkyl halides is 1. The number of ether oxygens (including phenoxy) is 3. The van der Waals surface area contributed by atoms with Gasteiger partial charge < -0.3 is 14.2 Å². The smallest absolute Gasteiger partial charge is 0.332 e. The van der Waals surface area contributed by atoms with Crippen molar-refractivity contribution in [3.8, 4) is 5.75 Å².